The van der Waals surface area contributed by atoms with Gasteiger partial charge in [-0.05, 0) is 22.9 Å². The molecule has 1 saturated heterocycles. The monoisotopic (exact) mass is 350 g/mol. The molecule has 5 nitrogen and oxygen atoms in total. The molecule has 1 fully saturated rings. The quantitative estimate of drug-likeness (QED) is 0.829. The van der Waals surface area contributed by atoms with E-state index in [4.69, 9.17) is 0 Å². The molecule has 3 heterocycles. The highest BCUT2D eigenvalue weighted by atomic mass is 32.1. The number of quaternary nitrogens is 1. The normalized spacial score (nSPS) is 15.6. The lowest BCUT2D eigenvalue weighted by molar-refractivity contribution is -0.902. The summed E-state index contributed by atoms with van der Waals surface area (Å²) >= 11 is 2.95. The maximum Gasteiger partial charge on any atom is 0.264 e. The van der Waals surface area contributed by atoms with E-state index >= 15 is 0 Å². The number of rotatable bonds is 5. The highest BCUT2D eigenvalue weighted by Gasteiger charge is 2.24. The van der Waals surface area contributed by atoms with Crippen LogP contribution in [0.1, 0.15) is 19.3 Å². The van der Waals surface area contributed by atoms with E-state index < -0.39 is 0 Å². The van der Waals surface area contributed by atoms with Crippen molar-refractivity contribution in [1.29, 1.82) is 0 Å². The van der Waals surface area contributed by atoms with Gasteiger partial charge < -0.3 is 15.1 Å². The fourth-order valence-electron chi connectivity index (χ4n) is 2.68. The Bertz CT molecular complexity index is 630. The number of carbonyl (C=O) groups excluding carboxylic acids is 2. The summed E-state index contributed by atoms with van der Waals surface area (Å²) < 4.78 is 0. The molecule has 23 heavy (non-hydrogen) atoms. The zero-order valence-electron chi connectivity index (χ0n) is 12.8. The van der Waals surface area contributed by atoms with Crippen LogP contribution in [0.25, 0.3) is 0 Å². The second-order valence-electron chi connectivity index (χ2n) is 5.50. The molecule has 1 aliphatic rings. The van der Waals surface area contributed by atoms with E-state index in [1.54, 1.807) is 0 Å². The van der Waals surface area contributed by atoms with E-state index in [-0.39, 0.29) is 11.8 Å². The first kappa shape index (κ1) is 16.2. The second-order valence-corrected chi connectivity index (χ2v) is 7.40. The summed E-state index contributed by atoms with van der Waals surface area (Å²) in [4.78, 5) is 29.1. The molecule has 3 rings (SSSR count). The molecule has 0 unspecified atom stereocenters. The molecule has 0 aromatic carbocycles. The largest absolute Gasteiger partial charge is 0.346 e. The van der Waals surface area contributed by atoms with E-state index in [0.717, 1.165) is 42.5 Å². The molecule has 0 radical (unpaired) electrons. The van der Waals surface area contributed by atoms with E-state index in [0.29, 0.717) is 6.54 Å². The van der Waals surface area contributed by atoms with Gasteiger partial charge in [0.05, 0.1) is 49.0 Å². The van der Waals surface area contributed by atoms with Crippen molar-refractivity contribution in [2.75, 3.05) is 39.3 Å². The first-order chi connectivity index (χ1) is 11.2. The average Bonchev–Trinajstić information content (AvgIpc) is 3.28. The molecule has 0 spiro atoms. The van der Waals surface area contributed by atoms with Gasteiger partial charge in [-0.2, -0.15) is 0 Å². The molecule has 0 saturated carbocycles. The summed E-state index contributed by atoms with van der Waals surface area (Å²) in [6.45, 7) is 5.01. The van der Waals surface area contributed by atoms with Crippen molar-refractivity contribution in [3.8, 4) is 0 Å². The van der Waals surface area contributed by atoms with E-state index in [2.05, 4.69) is 5.32 Å². The lowest BCUT2D eigenvalue weighted by atomic mass is 10.3. The van der Waals surface area contributed by atoms with Gasteiger partial charge in [0.25, 0.3) is 11.8 Å². The summed E-state index contributed by atoms with van der Waals surface area (Å²) in [6, 6.07) is 7.51. The summed E-state index contributed by atoms with van der Waals surface area (Å²) in [5.41, 5.74) is 0. The Morgan fingerprint density at radius 2 is 1.74 bits per heavy atom. The Morgan fingerprint density at radius 1 is 1.09 bits per heavy atom. The minimum atomic E-state index is 0.00547. The number of hydrogen-bond donors (Lipinski definition) is 2. The van der Waals surface area contributed by atoms with Crippen LogP contribution in [0.2, 0.25) is 0 Å². The Labute approximate surface area is 143 Å². The molecule has 7 heteroatoms. The fraction of sp³-hybridized carbons (Fsp3) is 0.375. The molecule has 122 valence electrons. The van der Waals surface area contributed by atoms with Crippen molar-refractivity contribution >= 4 is 34.5 Å². The van der Waals surface area contributed by atoms with Crippen LogP contribution < -0.4 is 10.2 Å². The molecule has 2 N–H and O–H groups in total. The third kappa shape index (κ3) is 4.19. The van der Waals surface area contributed by atoms with Gasteiger partial charge in [-0.1, -0.05) is 12.1 Å². The second kappa shape index (κ2) is 7.72. The van der Waals surface area contributed by atoms with Crippen LogP contribution in [0.5, 0.6) is 0 Å². The maximum absolute atomic E-state index is 12.3. The van der Waals surface area contributed by atoms with Crippen LogP contribution >= 0.6 is 22.7 Å². The minimum absolute atomic E-state index is 0.00547. The molecule has 0 bridgehead atoms. The highest BCUT2D eigenvalue weighted by Crippen LogP contribution is 2.11. The Balaban J connectivity index is 1.38. The van der Waals surface area contributed by atoms with Crippen molar-refractivity contribution in [1.82, 2.24) is 10.2 Å². The smallest absolute Gasteiger partial charge is 0.264 e. The van der Waals surface area contributed by atoms with Gasteiger partial charge in [0.15, 0.2) is 0 Å². The average molecular weight is 350 g/mol. The summed E-state index contributed by atoms with van der Waals surface area (Å²) in [5, 5.41) is 6.80. The Hall–Kier alpha value is -1.70. The molecule has 2 aromatic rings. The molecule has 2 aromatic heterocycles. The first-order valence-electron chi connectivity index (χ1n) is 7.72. The predicted molar refractivity (Wildman–Crippen MR) is 92.4 cm³/mol. The number of hydrogen-bond acceptors (Lipinski definition) is 4. The number of nitrogens with zero attached hydrogens (tertiary/aromatic N) is 1. The van der Waals surface area contributed by atoms with Gasteiger partial charge >= 0.3 is 0 Å². The van der Waals surface area contributed by atoms with Crippen LogP contribution in [-0.2, 0) is 0 Å². The van der Waals surface area contributed by atoms with Crippen molar-refractivity contribution in [2.45, 2.75) is 0 Å². The van der Waals surface area contributed by atoms with Gasteiger partial charge in [-0.3, -0.25) is 9.59 Å². The van der Waals surface area contributed by atoms with Gasteiger partial charge in [-0.15, -0.1) is 22.7 Å². The molecule has 0 aliphatic carbocycles. The van der Waals surface area contributed by atoms with Crippen LogP contribution in [0.3, 0.4) is 0 Å². The first-order valence-corrected chi connectivity index (χ1v) is 9.48. The maximum atomic E-state index is 12.3. The van der Waals surface area contributed by atoms with Crippen LogP contribution in [0, 0.1) is 0 Å². The van der Waals surface area contributed by atoms with Gasteiger partial charge in [0.1, 0.15) is 0 Å². The number of piperazine rings is 1. The number of thiophene rings is 2. The lowest BCUT2D eigenvalue weighted by Gasteiger charge is -2.32. The summed E-state index contributed by atoms with van der Waals surface area (Å²) in [6.07, 6.45) is 0. The van der Waals surface area contributed by atoms with Crippen molar-refractivity contribution in [3.63, 3.8) is 0 Å². The third-order valence-electron chi connectivity index (χ3n) is 4.00. The minimum Gasteiger partial charge on any atom is -0.346 e. The van der Waals surface area contributed by atoms with E-state index in [1.807, 2.05) is 39.9 Å². The zero-order valence-corrected chi connectivity index (χ0v) is 14.4. The highest BCUT2D eigenvalue weighted by molar-refractivity contribution is 7.12. The van der Waals surface area contributed by atoms with E-state index in [1.165, 1.54) is 27.6 Å². The molecule has 2 amide bonds. The number of amides is 2. The SMILES string of the molecule is O=C(NCC[NH+]1CCN(C(=O)c2cccs2)CC1)c1cccs1. The van der Waals surface area contributed by atoms with Crippen LogP contribution in [0.15, 0.2) is 35.0 Å². The number of carbonyl (C=O) groups is 2. The molecular weight excluding hydrogens is 330 g/mol. The van der Waals surface area contributed by atoms with Gasteiger partial charge in [0, 0.05) is 0 Å². The lowest BCUT2D eigenvalue weighted by Crippen LogP contribution is -3.15. The van der Waals surface area contributed by atoms with Crippen LogP contribution in [-0.4, -0.2) is 56.0 Å². The molecule has 0 atom stereocenters. The Kier molecular flexibility index (Phi) is 5.43. The topological polar surface area (TPSA) is 53.9 Å². The van der Waals surface area contributed by atoms with E-state index in [9.17, 15) is 9.59 Å². The molecular formula is C16H20N3O2S2+. The Morgan fingerprint density at radius 3 is 2.35 bits per heavy atom. The number of nitrogens with one attached hydrogen (secondary N) is 2. The van der Waals surface area contributed by atoms with Gasteiger partial charge in [-0.25, -0.2) is 0 Å². The summed E-state index contributed by atoms with van der Waals surface area (Å²) in [7, 11) is 0. The predicted octanol–water partition coefficient (Wildman–Crippen LogP) is 0.580. The summed E-state index contributed by atoms with van der Waals surface area (Å²) in [5.74, 6) is 0.149. The van der Waals surface area contributed by atoms with Gasteiger partial charge in [0.2, 0.25) is 0 Å². The van der Waals surface area contributed by atoms with Crippen molar-refractivity contribution in [3.05, 3.63) is 44.8 Å². The van der Waals surface area contributed by atoms with Crippen molar-refractivity contribution < 1.29 is 14.5 Å². The fourth-order valence-corrected chi connectivity index (χ4v) is 4.01. The standard InChI is InChI=1S/C16H19N3O2S2/c20-15(13-3-1-11-22-13)17-5-6-18-7-9-19(10-8-18)16(21)14-4-2-12-23-14/h1-4,11-12H,5-10H2,(H,17,20)/p+1. The third-order valence-corrected chi connectivity index (χ3v) is 5.73. The van der Waals surface area contributed by atoms with Crippen LogP contribution in [0.4, 0.5) is 0 Å². The molecule has 1 aliphatic heterocycles. The van der Waals surface area contributed by atoms with Crippen molar-refractivity contribution in [2.24, 2.45) is 0 Å². The zero-order chi connectivity index (χ0) is 16.1.